The van der Waals surface area contributed by atoms with Crippen LogP contribution in [-0.2, 0) is 4.74 Å². The molecule has 21 heavy (non-hydrogen) atoms. The van der Waals surface area contributed by atoms with E-state index in [4.69, 9.17) is 15.2 Å². The Kier molecular flexibility index (Phi) is 4.53. The molecular weight excluding hydrogens is 334 g/mol. The highest BCUT2D eigenvalue weighted by atomic mass is 79.9. The van der Waals surface area contributed by atoms with Crippen molar-refractivity contribution in [3.05, 3.63) is 51.5 Å². The van der Waals surface area contributed by atoms with E-state index in [0.717, 1.165) is 15.6 Å². The summed E-state index contributed by atoms with van der Waals surface area (Å²) in [6.45, 7) is 3.99. The van der Waals surface area contributed by atoms with Crippen LogP contribution in [0.4, 0.5) is 5.69 Å². The Morgan fingerprint density at radius 1 is 1.10 bits per heavy atom. The summed E-state index contributed by atoms with van der Waals surface area (Å²) in [6, 6.07) is 8.76. The first kappa shape index (κ1) is 15.4. The Bertz CT molecular complexity index is 675. The van der Waals surface area contributed by atoms with Crippen molar-refractivity contribution in [1.29, 1.82) is 0 Å². The van der Waals surface area contributed by atoms with Gasteiger partial charge in [-0.1, -0.05) is 15.9 Å². The average Bonchev–Trinajstić information content (AvgIpc) is 2.46. The molecule has 2 N–H and O–H groups in total. The Morgan fingerprint density at radius 2 is 1.71 bits per heavy atom. The predicted molar refractivity (Wildman–Crippen MR) is 85.9 cm³/mol. The van der Waals surface area contributed by atoms with Gasteiger partial charge in [0, 0.05) is 10.2 Å². The van der Waals surface area contributed by atoms with Gasteiger partial charge in [-0.2, -0.15) is 0 Å². The van der Waals surface area contributed by atoms with Crippen molar-refractivity contribution in [2.75, 3.05) is 12.8 Å². The van der Waals surface area contributed by atoms with Crippen LogP contribution < -0.4 is 10.5 Å². The Morgan fingerprint density at radius 3 is 2.29 bits per heavy atom. The number of ether oxygens (including phenoxy) is 2. The number of hydrogen-bond acceptors (Lipinski definition) is 4. The lowest BCUT2D eigenvalue weighted by molar-refractivity contribution is 0.0601. The molecular formula is C16H16BrNO3. The number of anilines is 1. The molecule has 0 spiro atoms. The topological polar surface area (TPSA) is 61.5 Å². The highest BCUT2D eigenvalue weighted by molar-refractivity contribution is 9.10. The van der Waals surface area contributed by atoms with E-state index < -0.39 is 5.97 Å². The third-order valence-electron chi connectivity index (χ3n) is 3.08. The second-order valence-corrected chi connectivity index (χ2v) is 5.51. The van der Waals surface area contributed by atoms with Gasteiger partial charge in [-0.3, -0.25) is 0 Å². The first-order chi connectivity index (χ1) is 9.92. The number of halogens is 1. The fourth-order valence-corrected chi connectivity index (χ4v) is 2.22. The molecule has 2 aromatic carbocycles. The number of esters is 1. The van der Waals surface area contributed by atoms with Gasteiger partial charge in [-0.25, -0.2) is 4.79 Å². The van der Waals surface area contributed by atoms with Crippen molar-refractivity contribution in [3.63, 3.8) is 0 Å². The molecule has 0 unspecified atom stereocenters. The maximum atomic E-state index is 11.6. The van der Waals surface area contributed by atoms with Gasteiger partial charge in [0.1, 0.15) is 11.5 Å². The molecule has 0 bridgehead atoms. The number of hydrogen-bond donors (Lipinski definition) is 1. The van der Waals surface area contributed by atoms with Crippen molar-refractivity contribution in [3.8, 4) is 11.5 Å². The molecule has 2 aromatic rings. The summed E-state index contributed by atoms with van der Waals surface area (Å²) < 4.78 is 11.6. The molecule has 5 heteroatoms. The number of methoxy groups -OCH3 is 1. The normalized spacial score (nSPS) is 10.3. The van der Waals surface area contributed by atoms with Gasteiger partial charge in [0.05, 0.1) is 12.7 Å². The number of nitrogen functional groups attached to an aromatic ring is 1. The van der Waals surface area contributed by atoms with Gasteiger partial charge in [0.15, 0.2) is 0 Å². The summed E-state index contributed by atoms with van der Waals surface area (Å²) in [7, 11) is 1.32. The van der Waals surface area contributed by atoms with E-state index in [0.29, 0.717) is 22.7 Å². The van der Waals surface area contributed by atoms with Crippen LogP contribution in [0.15, 0.2) is 34.8 Å². The zero-order valence-corrected chi connectivity index (χ0v) is 13.7. The molecule has 0 radical (unpaired) electrons. The van der Waals surface area contributed by atoms with Crippen molar-refractivity contribution in [2.24, 2.45) is 0 Å². The molecule has 0 aliphatic carbocycles. The monoisotopic (exact) mass is 349 g/mol. The lowest BCUT2D eigenvalue weighted by Gasteiger charge is -2.11. The van der Waals surface area contributed by atoms with Crippen molar-refractivity contribution < 1.29 is 14.3 Å². The van der Waals surface area contributed by atoms with Gasteiger partial charge in [-0.15, -0.1) is 0 Å². The second kappa shape index (κ2) is 6.18. The van der Waals surface area contributed by atoms with Crippen LogP contribution in [0, 0.1) is 13.8 Å². The van der Waals surface area contributed by atoms with E-state index in [-0.39, 0.29) is 0 Å². The maximum absolute atomic E-state index is 11.6. The zero-order chi connectivity index (χ0) is 15.6. The zero-order valence-electron chi connectivity index (χ0n) is 12.1. The molecule has 0 atom stereocenters. The quantitative estimate of drug-likeness (QED) is 0.665. The van der Waals surface area contributed by atoms with E-state index in [9.17, 15) is 4.79 Å². The van der Waals surface area contributed by atoms with Crippen LogP contribution in [0.5, 0.6) is 11.5 Å². The SMILES string of the molecule is COC(=O)c1cc(Oc2cc(C)c(Br)c(C)c2)ccc1N. The average molecular weight is 350 g/mol. The molecule has 0 heterocycles. The van der Waals surface area contributed by atoms with E-state index >= 15 is 0 Å². The van der Waals surface area contributed by atoms with Gasteiger partial charge in [-0.05, 0) is 55.3 Å². The van der Waals surface area contributed by atoms with Crippen molar-refractivity contribution in [2.45, 2.75) is 13.8 Å². The number of benzene rings is 2. The van der Waals surface area contributed by atoms with Crippen LogP contribution >= 0.6 is 15.9 Å². The molecule has 0 aliphatic heterocycles. The van der Waals surface area contributed by atoms with Gasteiger partial charge in [0.25, 0.3) is 0 Å². The standard InChI is InChI=1S/C16H16BrNO3/c1-9-6-12(7-10(2)15(9)17)21-11-4-5-14(18)13(8-11)16(19)20-3/h4-8H,18H2,1-3H3. The number of rotatable bonds is 3. The highest BCUT2D eigenvalue weighted by Gasteiger charge is 2.12. The molecule has 0 aromatic heterocycles. The molecule has 2 rings (SSSR count). The molecule has 0 saturated carbocycles. The summed E-state index contributed by atoms with van der Waals surface area (Å²) in [5.41, 5.74) is 8.57. The third-order valence-corrected chi connectivity index (χ3v) is 4.33. The number of aryl methyl sites for hydroxylation is 2. The van der Waals surface area contributed by atoms with Crippen LogP contribution in [0.25, 0.3) is 0 Å². The number of carbonyl (C=O) groups is 1. The fraction of sp³-hybridized carbons (Fsp3) is 0.188. The number of nitrogens with two attached hydrogens (primary N) is 1. The first-order valence-electron chi connectivity index (χ1n) is 6.35. The summed E-state index contributed by atoms with van der Waals surface area (Å²) in [5, 5.41) is 0. The lowest BCUT2D eigenvalue weighted by Crippen LogP contribution is -2.05. The summed E-state index contributed by atoms with van der Waals surface area (Å²) in [4.78, 5) is 11.6. The van der Waals surface area contributed by atoms with Crippen molar-refractivity contribution >= 4 is 27.6 Å². The van der Waals surface area contributed by atoms with Crippen molar-refractivity contribution in [1.82, 2.24) is 0 Å². The highest BCUT2D eigenvalue weighted by Crippen LogP contribution is 2.30. The summed E-state index contributed by atoms with van der Waals surface area (Å²) >= 11 is 3.51. The largest absolute Gasteiger partial charge is 0.465 e. The summed E-state index contributed by atoms with van der Waals surface area (Å²) in [6.07, 6.45) is 0. The molecule has 110 valence electrons. The minimum atomic E-state index is -0.485. The van der Waals surface area contributed by atoms with E-state index in [1.807, 2.05) is 26.0 Å². The lowest BCUT2D eigenvalue weighted by atomic mass is 10.1. The van der Waals surface area contributed by atoms with Gasteiger partial charge < -0.3 is 15.2 Å². The van der Waals surface area contributed by atoms with Crippen LogP contribution in [-0.4, -0.2) is 13.1 Å². The van der Waals surface area contributed by atoms with Crippen LogP contribution in [0.1, 0.15) is 21.5 Å². The van der Waals surface area contributed by atoms with Crippen LogP contribution in [0.2, 0.25) is 0 Å². The van der Waals surface area contributed by atoms with E-state index in [1.165, 1.54) is 7.11 Å². The first-order valence-corrected chi connectivity index (χ1v) is 7.14. The molecule has 0 amide bonds. The molecule has 0 saturated heterocycles. The Balaban J connectivity index is 2.34. The van der Waals surface area contributed by atoms with Crippen LogP contribution in [0.3, 0.4) is 0 Å². The van der Waals surface area contributed by atoms with Gasteiger partial charge >= 0.3 is 5.97 Å². The van der Waals surface area contributed by atoms with Gasteiger partial charge in [0.2, 0.25) is 0 Å². The number of carbonyl (C=O) groups excluding carboxylic acids is 1. The minimum Gasteiger partial charge on any atom is -0.465 e. The third kappa shape index (κ3) is 3.36. The summed E-state index contributed by atoms with van der Waals surface area (Å²) in [5.74, 6) is 0.751. The van der Waals surface area contributed by atoms with E-state index in [2.05, 4.69) is 15.9 Å². The maximum Gasteiger partial charge on any atom is 0.340 e. The molecule has 4 nitrogen and oxygen atoms in total. The Labute approximate surface area is 132 Å². The predicted octanol–water partition coefficient (Wildman–Crippen LogP) is 4.23. The fourth-order valence-electron chi connectivity index (χ4n) is 1.99. The minimum absolute atomic E-state index is 0.292. The molecule has 0 fully saturated rings. The second-order valence-electron chi connectivity index (χ2n) is 4.71. The smallest absolute Gasteiger partial charge is 0.340 e. The van der Waals surface area contributed by atoms with E-state index in [1.54, 1.807) is 18.2 Å². The Hall–Kier alpha value is -2.01. The molecule has 0 aliphatic rings.